The minimum Gasteiger partial charge on any atom is -0.0985 e. The smallest absolute Gasteiger partial charge is 0.00259 e. The van der Waals surface area contributed by atoms with E-state index in [0.717, 1.165) is 66.8 Å². The highest BCUT2D eigenvalue weighted by molar-refractivity contribution is 6.22. The molecule has 0 amide bonds. The Kier molecular flexibility index (Phi) is 9.68. The summed E-state index contributed by atoms with van der Waals surface area (Å²) < 4.78 is 0. The highest BCUT2D eigenvalue weighted by Gasteiger charge is 2.19. The zero-order chi connectivity index (χ0) is 39.6. The molecule has 9 aromatic rings. The lowest BCUT2D eigenvalue weighted by atomic mass is 9.83. The third-order valence-electron chi connectivity index (χ3n) is 11.3. The summed E-state index contributed by atoms with van der Waals surface area (Å²) in [6.45, 7) is 15.9. The maximum absolute atomic E-state index is 3.98. The van der Waals surface area contributed by atoms with Crippen LogP contribution in [0.15, 0.2) is 208 Å². The number of hydrogen-bond acceptors (Lipinski definition) is 0. The Morgan fingerprint density at radius 3 is 0.638 bits per heavy atom. The van der Waals surface area contributed by atoms with Crippen LogP contribution in [-0.2, 0) is 0 Å². The van der Waals surface area contributed by atoms with E-state index in [2.05, 4.69) is 208 Å². The van der Waals surface area contributed by atoms with Crippen LogP contribution in [0.5, 0.6) is 0 Å². The zero-order valence-corrected chi connectivity index (χ0v) is 32.5. The summed E-state index contributed by atoms with van der Waals surface area (Å²) in [7, 11) is 0. The average molecular weight is 739 g/mol. The Balaban J connectivity index is 1.32. The third-order valence-corrected chi connectivity index (χ3v) is 11.3. The molecule has 0 heterocycles. The van der Waals surface area contributed by atoms with E-state index in [-0.39, 0.29) is 0 Å². The minimum atomic E-state index is 1.10. The molecule has 58 heavy (non-hydrogen) atoms. The van der Waals surface area contributed by atoms with Gasteiger partial charge in [-0.1, -0.05) is 196 Å². The van der Waals surface area contributed by atoms with Gasteiger partial charge in [-0.2, -0.15) is 0 Å². The van der Waals surface area contributed by atoms with E-state index in [9.17, 15) is 0 Å². The van der Waals surface area contributed by atoms with Crippen molar-refractivity contribution < 1.29 is 0 Å². The molecule has 0 aromatic heterocycles. The molecular formula is C58H42. The van der Waals surface area contributed by atoms with Crippen molar-refractivity contribution in [2.45, 2.75) is 0 Å². The molecule has 0 aliphatic rings. The number of fused-ring (bicyclic) bond motifs is 2. The third kappa shape index (κ3) is 6.83. The van der Waals surface area contributed by atoms with Gasteiger partial charge in [0.15, 0.2) is 0 Å². The van der Waals surface area contributed by atoms with Crippen LogP contribution in [0.1, 0.15) is 22.3 Å². The summed E-state index contributed by atoms with van der Waals surface area (Å²) in [5.74, 6) is 0. The maximum Gasteiger partial charge on any atom is -0.00259 e. The minimum absolute atomic E-state index is 1.10. The van der Waals surface area contributed by atoms with Crippen molar-refractivity contribution in [1.82, 2.24) is 0 Å². The Morgan fingerprint density at radius 2 is 0.431 bits per heavy atom. The molecule has 0 aliphatic carbocycles. The van der Waals surface area contributed by atoms with Crippen molar-refractivity contribution in [2.75, 3.05) is 0 Å². The van der Waals surface area contributed by atoms with Gasteiger partial charge in [0.25, 0.3) is 0 Å². The topological polar surface area (TPSA) is 0 Å². The predicted molar refractivity (Wildman–Crippen MR) is 254 cm³/mol. The predicted octanol–water partition coefficient (Wildman–Crippen LogP) is 16.6. The second kappa shape index (κ2) is 15.5. The van der Waals surface area contributed by atoms with Gasteiger partial charge in [-0.25, -0.2) is 0 Å². The number of benzene rings is 9. The van der Waals surface area contributed by atoms with Crippen molar-refractivity contribution in [1.29, 1.82) is 0 Å². The van der Waals surface area contributed by atoms with E-state index >= 15 is 0 Å². The molecule has 0 fully saturated rings. The molecule has 0 bridgehead atoms. The molecule has 274 valence electrons. The molecule has 0 aliphatic heterocycles. The van der Waals surface area contributed by atoms with E-state index in [4.69, 9.17) is 0 Å². The SMILES string of the molecule is C=Cc1ccc(-c2cc(-c3ccc(C=C)cc3)cc(-c3c4ccccc4c(-c4cc(-c5ccc(C=C)cc5)cc(-c5ccc(C=C)cc5)c4)c4ccccc34)c2)cc1. The van der Waals surface area contributed by atoms with Crippen LogP contribution in [0.25, 0.3) is 113 Å². The van der Waals surface area contributed by atoms with Gasteiger partial charge in [0, 0.05) is 0 Å². The van der Waals surface area contributed by atoms with Gasteiger partial charge in [-0.3, -0.25) is 0 Å². The van der Waals surface area contributed by atoms with Gasteiger partial charge in [-0.05, 0) is 147 Å². The van der Waals surface area contributed by atoms with Gasteiger partial charge in [-0.15, -0.1) is 0 Å². The fraction of sp³-hybridized carbons (Fsp3) is 0. The standard InChI is InChI=1S/C58H42/c1-5-39-17-25-43(26-18-39)47-33-48(44-27-19-40(6-2)20-28-44)36-51(35-47)57-53-13-9-11-15-55(53)58(56-16-12-10-14-54(56)57)52-37-49(45-29-21-41(7-3)22-30-45)34-50(38-52)46-31-23-42(8-4)24-32-46/h5-38H,1-4H2. The van der Waals surface area contributed by atoms with Crippen LogP contribution in [0, 0.1) is 0 Å². The normalized spacial score (nSPS) is 11.0. The van der Waals surface area contributed by atoms with Crippen molar-refractivity contribution in [2.24, 2.45) is 0 Å². The fourth-order valence-electron chi connectivity index (χ4n) is 8.21. The highest BCUT2D eigenvalue weighted by Crippen LogP contribution is 2.46. The molecule has 0 saturated carbocycles. The largest absolute Gasteiger partial charge is 0.0985 e. The summed E-state index contributed by atoms with van der Waals surface area (Å²) in [5, 5.41) is 4.84. The van der Waals surface area contributed by atoms with Crippen LogP contribution in [0.3, 0.4) is 0 Å². The van der Waals surface area contributed by atoms with Crippen LogP contribution in [-0.4, -0.2) is 0 Å². The van der Waals surface area contributed by atoms with E-state index in [0.29, 0.717) is 0 Å². The molecule has 0 radical (unpaired) electrons. The Labute approximate surface area is 341 Å². The van der Waals surface area contributed by atoms with E-state index < -0.39 is 0 Å². The van der Waals surface area contributed by atoms with Crippen molar-refractivity contribution in [3.8, 4) is 66.8 Å². The lowest BCUT2D eigenvalue weighted by molar-refractivity contribution is 1.56. The van der Waals surface area contributed by atoms with E-state index in [1.165, 1.54) is 43.8 Å². The first-order valence-corrected chi connectivity index (χ1v) is 19.7. The zero-order valence-electron chi connectivity index (χ0n) is 32.5. The number of hydrogen-bond donors (Lipinski definition) is 0. The van der Waals surface area contributed by atoms with E-state index in [1.807, 2.05) is 24.3 Å². The molecule has 9 aromatic carbocycles. The van der Waals surface area contributed by atoms with Gasteiger partial charge in [0.1, 0.15) is 0 Å². The van der Waals surface area contributed by atoms with Crippen molar-refractivity contribution in [3.05, 3.63) is 231 Å². The Hall–Kier alpha value is -7.54. The van der Waals surface area contributed by atoms with Crippen LogP contribution in [0.4, 0.5) is 0 Å². The molecular weight excluding hydrogens is 697 g/mol. The van der Waals surface area contributed by atoms with Gasteiger partial charge in [0.05, 0.1) is 0 Å². The Morgan fingerprint density at radius 1 is 0.224 bits per heavy atom. The highest BCUT2D eigenvalue weighted by atomic mass is 14.2. The molecule has 0 atom stereocenters. The van der Waals surface area contributed by atoms with Crippen molar-refractivity contribution >= 4 is 45.8 Å². The molecule has 0 nitrogen and oxygen atoms in total. The lowest BCUT2D eigenvalue weighted by Crippen LogP contribution is -1.93. The first-order chi connectivity index (χ1) is 28.5. The first kappa shape index (κ1) is 36.1. The van der Waals surface area contributed by atoms with Crippen LogP contribution < -0.4 is 0 Å². The first-order valence-electron chi connectivity index (χ1n) is 19.7. The maximum atomic E-state index is 3.98. The van der Waals surface area contributed by atoms with Gasteiger partial charge >= 0.3 is 0 Å². The molecule has 0 unspecified atom stereocenters. The summed E-state index contributed by atoms with van der Waals surface area (Å²) >= 11 is 0. The van der Waals surface area contributed by atoms with Crippen LogP contribution >= 0.6 is 0 Å². The number of rotatable bonds is 10. The summed E-state index contributed by atoms with van der Waals surface area (Å²) in [6, 6.07) is 66.5. The summed E-state index contributed by atoms with van der Waals surface area (Å²) in [4.78, 5) is 0. The molecule has 0 saturated heterocycles. The fourth-order valence-corrected chi connectivity index (χ4v) is 8.21. The van der Waals surface area contributed by atoms with Gasteiger partial charge in [0.2, 0.25) is 0 Å². The quantitative estimate of drug-likeness (QED) is 0.123. The molecule has 0 spiro atoms. The second-order valence-corrected chi connectivity index (χ2v) is 14.7. The molecule has 0 N–H and O–H groups in total. The molecule has 9 rings (SSSR count). The van der Waals surface area contributed by atoms with Crippen LogP contribution in [0.2, 0.25) is 0 Å². The molecule has 0 heteroatoms. The van der Waals surface area contributed by atoms with Crippen molar-refractivity contribution in [3.63, 3.8) is 0 Å². The lowest BCUT2D eigenvalue weighted by Gasteiger charge is -2.20. The second-order valence-electron chi connectivity index (χ2n) is 14.7. The monoisotopic (exact) mass is 738 g/mol. The van der Waals surface area contributed by atoms with E-state index in [1.54, 1.807) is 0 Å². The summed E-state index contributed by atoms with van der Waals surface area (Å²) in [6.07, 6.45) is 7.56. The van der Waals surface area contributed by atoms with Gasteiger partial charge < -0.3 is 0 Å². The Bertz CT molecular complexity index is 2600. The summed E-state index contributed by atoms with van der Waals surface area (Å²) in [5.41, 5.74) is 18.5. The average Bonchev–Trinajstić information content (AvgIpc) is 3.30.